The van der Waals surface area contributed by atoms with E-state index in [0.29, 0.717) is 18.2 Å². The second-order valence-corrected chi connectivity index (χ2v) is 8.89. The number of aliphatic hydroxyl groups excluding tert-OH is 1. The number of halogens is 1. The van der Waals surface area contributed by atoms with E-state index in [9.17, 15) is 9.50 Å². The molecule has 1 aliphatic heterocycles. The van der Waals surface area contributed by atoms with Gasteiger partial charge in [-0.15, -0.1) is 11.3 Å². The molecule has 5 rings (SSSR count). The molecule has 1 unspecified atom stereocenters. The number of hydrogen-bond acceptors (Lipinski definition) is 9. The Morgan fingerprint density at radius 1 is 1.23 bits per heavy atom. The molecule has 4 aromatic rings. The Bertz CT molecular complexity index is 1260. The zero-order valence-electron chi connectivity index (χ0n) is 17.1. The van der Waals surface area contributed by atoms with E-state index in [0.717, 1.165) is 44.4 Å². The Kier molecular flexibility index (Phi) is 5.14. The molecular weight excluding hydrogens is 417 g/mol. The largest absolute Gasteiger partial charge is 0.382 e. The van der Waals surface area contributed by atoms with Gasteiger partial charge in [0.15, 0.2) is 0 Å². The molecule has 160 valence electrons. The molecule has 3 aromatic heterocycles. The van der Waals surface area contributed by atoms with E-state index in [-0.39, 0.29) is 6.04 Å². The summed E-state index contributed by atoms with van der Waals surface area (Å²) in [7, 11) is 4.04. The van der Waals surface area contributed by atoms with Crippen LogP contribution in [0.1, 0.15) is 11.1 Å². The van der Waals surface area contributed by atoms with E-state index in [4.69, 9.17) is 0 Å². The lowest BCUT2D eigenvalue weighted by Gasteiger charge is -2.22. The molecule has 0 bridgehead atoms. The summed E-state index contributed by atoms with van der Waals surface area (Å²) in [6.45, 7) is 1.52. The number of hydrogen-bond donors (Lipinski definition) is 4. The van der Waals surface area contributed by atoms with Gasteiger partial charge in [0.1, 0.15) is 24.2 Å². The number of fused-ring (bicyclic) bond motifs is 5. The Hall–Kier alpha value is -2.92. The molecule has 0 spiro atoms. The number of benzene rings is 1. The lowest BCUT2D eigenvalue weighted by molar-refractivity contribution is 0.125. The number of pyridine rings is 1. The van der Waals surface area contributed by atoms with Crippen molar-refractivity contribution in [2.24, 2.45) is 0 Å². The highest BCUT2D eigenvalue weighted by atomic mass is 32.1. The number of nitrogens with zero attached hydrogens (tertiary/aromatic N) is 4. The molecule has 0 aliphatic carbocycles. The van der Waals surface area contributed by atoms with Crippen molar-refractivity contribution in [3.05, 3.63) is 47.5 Å². The zero-order valence-corrected chi connectivity index (χ0v) is 17.9. The third-order valence-corrected chi connectivity index (χ3v) is 6.40. The van der Waals surface area contributed by atoms with Crippen LogP contribution in [0, 0.1) is 5.95 Å². The summed E-state index contributed by atoms with van der Waals surface area (Å²) in [6, 6.07) is 9.14. The first-order valence-electron chi connectivity index (χ1n) is 9.91. The fourth-order valence-corrected chi connectivity index (χ4v) is 5.07. The topological polar surface area (TPSA) is 98.2 Å². The van der Waals surface area contributed by atoms with Gasteiger partial charge < -0.3 is 20.6 Å². The van der Waals surface area contributed by atoms with Crippen molar-refractivity contribution in [3.63, 3.8) is 0 Å². The Labute approximate surface area is 182 Å². The highest BCUT2D eigenvalue weighted by Gasteiger charge is 2.27. The van der Waals surface area contributed by atoms with Crippen LogP contribution in [0.25, 0.3) is 21.0 Å². The third-order valence-electron chi connectivity index (χ3n) is 5.19. The van der Waals surface area contributed by atoms with Crippen molar-refractivity contribution in [2.45, 2.75) is 12.3 Å². The average molecular weight is 440 g/mol. The summed E-state index contributed by atoms with van der Waals surface area (Å²) >= 11 is 1.57. The fraction of sp³-hybridized carbons (Fsp3) is 0.286. The predicted octanol–water partition coefficient (Wildman–Crippen LogP) is 3.06. The molecule has 0 saturated carbocycles. The lowest BCUT2D eigenvalue weighted by atomic mass is 10.1. The molecule has 1 aliphatic rings. The first-order valence-corrected chi connectivity index (χ1v) is 10.7. The van der Waals surface area contributed by atoms with E-state index in [1.807, 2.05) is 38.4 Å². The minimum absolute atomic E-state index is 0.122. The lowest BCUT2D eigenvalue weighted by Crippen LogP contribution is -2.42. The van der Waals surface area contributed by atoms with E-state index in [1.54, 1.807) is 11.3 Å². The zero-order chi connectivity index (χ0) is 21.5. The van der Waals surface area contributed by atoms with Crippen LogP contribution in [0.4, 0.5) is 21.7 Å². The van der Waals surface area contributed by atoms with Gasteiger partial charge in [-0.2, -0.15) is 4.39 Å². The van der Waals surface area contributed by atoms with Gasteiger partial charge in [-0.1, -0.05) is 0 Å². The summed E-state index contributed by atoms with van der Waals surface area (Å²) in [6.07, 6.45) is 0.432. The average Bonchev–Trinajstić information content (AvgIpc) is 3.03. The SMILES string of the molecule is CN(C)C[C@@H]1CNc2c(sc3ccc4nc(Nc5cc(F)ncn5)ccc4c23)C(O)N1. The van der Waals surface area contributed by atoms with Gasteiger partial charge >= 0.3 is 0 Å². The molecule has 4 heterocycles. The maximum atomic E-state index is 13.3. The second-order valence-electron chi connectivity index (χ2n) is 7.80. The molecule has 31 heavy (non-hydrogen) atoms. The summed E-state index contributed by atoms with van der Waals surface area (Å²) in [5.41, 5.74) is 1.75. The van der Waals surface area contributed by atoms with Crippen molar-refractivity contribution in [1.82, 2.24) is 25.2 Å². The van der Waals surface area contributed by atoms with Crippen molar-refractivity contribution in [2.75, 3.05) is 37.8 Å². The van der Waals surface area contributed by atoms with E-state index < -0.39 is 12.2 Å². The molecule has 4 N–H and O–H groups in total. The normalized spacial score (nSPS) is 18.7. The smallest absolute Gasteiger partial charge is 0.218 e. The maximum absolute atomic E-state index is 13.3. The highest BCUT2D eigenvalue weighted by molar-refractivity contribution is 7.20. The van der Waals surface area contributed by atoms with Gasteiger partial charge in [-0.05, 0) is 38.4 Å². The van der Waals surface area contributed by atoms with Gasteiger partial charge in [-0.25, -0.2) is 15.0 Å². The third kappa shape index (κ3) is 3.90. The number of aromatic nitrogens is 3. The van der Waals surface area contributed by atoms with Crippen molar-refractivity contribution in [1.29, 1.82) is 0 Å². The monoisotopic (exact) mass is 439 g/mol. The highest BCUT2D eigenvalue weighted by Crippen LogP contribution is 2.43. The van der Waals surface area contributed by atoms with E-state index in [1.165, 1.54) is 6.07 Å². The van der Waals surface area contributed by atoms with Gasteiger partial charge in [0.2, 0.25) is 5.95 Å². The van der Waals surface area contributed by atoms with Crippen LogP contribution in [-0.2, 0) is 0 Å². The molecule has 2 atom stereocenters. The molecule has 1 aromatic carbocycles. The van der Waals surface area contributed by atoms with Gasteiger partial charge in [0.05, 0.1) is 16.1 Å². The maximum Gasteiger partial charge on any atom is 0.218 e. The molecule has 8 nitrogen and oxygen atoms in total. The van der Waals surface area contributed by atoms with Crippen LogP contribution in [0.15, 0.2) is 36.7 Å². The predicted molar refractivity (Wildman–Crippen MR) is 121 cm³/mol. The first-order chi connectivity index (χ1) is 15.0. The summed E-state index contributed by atoms with van der Waals surface area (Å²) < 4.78 is 14.4. The summed E-state index contributed by atoms with van der Waals surface area (Å²) in [5, 5.41) is 22.7. The van der Waals surface area contributed by atoms with Crippen molar-refractivity contribution in [3.8, 4) is 0 Å². The Balaban J connectivity index is 1.53. The van der Waals surface area contributed by atoms with E-state index in [2.05, 4.69) is 35.8 Å². The minimum Gasteiger partial charge on any atom is -0.382 e. The molecule has 0 saturated heterocycles. The molecule has 10 heteroatoms. The number of thiophene rings is 1. The number of nitrogens with one attached hydrogen (secondary N) is 3. The van der Waals surface area contributed by atoms with Gasteiger partial charge in [0.25, 0.3) is 0 Å². The summed E-state index contributed by atoms with van der Waals surface area (Å²) in [5.74, 6) is 0.298. The second kappa shape index (κ2) is 7.97. The number of aliphatic hydroxyl groups is 1. The number of anilines is 3. The molecule has 0 fully saturated rings. The number of likely N-dealkylation sites (N-methyl/N-ethyl adjacent to an activating group) is 1. The van der Waals surface area contributed by atoms with Crippen LogP contribution in [0.2, 0.25) is 0 Å². The standard InChI is InChI=1S/C21H22FN7OS/c1-29(2)9-11-8-23-19-18-12-3-6-16(28-17-7-15(22)24-10-25-17)27-13(12)4-5-14(18)31-20(19)21(30)26-11/h3-7,10-11,21,23,26,30H,8-9H2,1-2H3,(H,24,25,27,28)/t11-,21?/m0/s1. The van der Waals surface area contributed by atoms with Gasteiger partial charge in [0, 0.05) is 40.7 Å². The Morgan fingerprint density at radius 2 is 2.10 bits per heavy atom. The van der Waals surface area contributed by atoms with Gasteiger partial charge in [-0.3, -0.25) is 5.32 Å². The van der Waals surface area contributed by atoms with Crippen LogP contribution < -0.4 is 16.0 Å². The fourth-order valence-electron chi connectivity index (χ4n) is 3.93. The van der Waals surface area contributed by atoms with Crippen LogP contribution in [-0.4, -0.2) is 58.2 Å². The summed E-state index contributed by atoms with van der Waals surface area (Å²) in [4.78, 5) is 15.1. The van der Waals surface area contributed by atoms with Crippen molar-refractivity contribution >= 4 is 49.6 Å². The van der Waals surface area contributed by atoms with Crippen LogP contribution in [0.3, 0.4) is 0 Å². The first kappa shape index (κ1) is 20.0. The molecule has 0 amide bonds. The molecule has 0 radical (unpaired) electrons. The van der Waals surface area contributed by atoms with Crippen molar-refractivity contribution < 1.29 is 9.50 Å². The van der Waals surface area contributed by atoms with Crippen LogP contribution in [0.5, 0.6) is 0 Å². The number of rotatable bonds is 4. The van der Waals surface area contributed by atoms with Crippen LogP contribution >= 0.6 is 11.3 Å². The Morgan fingerprint density at radius 3 is 2.90 bits per heavy atom. The molecular formula is C21H22FN7OS. The minimum atomic E-state index is -0.732. The quantitative estimate of drug-likeness (QED) is 0.360. The van der Waals surface area contributed by atoms with E-state index >= 15 is 0 Å².